The summed E-state index contributed by atoms with van der Waals surface area (Å²) < 4.78 is 9.37. The average Bonchev–Trinajstić information content (AvgIpc) is 3.25. The number of nitrogens with zero attached hydrogens (tertiary/aromatic N) is 6. The van der Waals surface area contributed by atoms with Gasteiger partial charge in [0.2, 0.25) is 0 Å². The molecule has 0 amide bonds. The van der Waals surface area contributed by atoms with Gasteiger partial charge in [0.25, 0.3) is 0 Å². The van der Waals surface area contributed by atoms with Crippen LogP contribution in [0.3, 0.4) is 0 Å². The minimum absolute atomic E-state index is 0.0323. The molecule has 0 radical (unpaired) electrons. The number of hydrogen-bond donors (Lipinski definition) is 0. The molecule has 0 N–H and O–H groups in total. The lowest BCUT2D eigenvalue weighted by Gasteiger charge is -2.11. The van der Waals surface area contributed by atoms with Crippen LogP contribution in [-0.2, 0) is 19.0 Å². The Kier molecular flexibility index (Phi) is 5.75. The number of nitro groups is 1. The molecule has 0 aliphatic carbocycles. The van der Waals surface area contributed by atoms with Gasteiger partial charge >= 0.3 is 5.69 Å². The van der Waals surface area contributed by atoms with Gasteiger partial charge in [0.05, 0.1) is 10.8 Å². The molecule has 2 aromatic heterocycles. The highest BCUT2D eigenvalue weighted by Crippen LogP contribution is 2.23. The van der Waals surface area contributed by atoms with E-state index in [1.165, 1.54) is 34.4 Å². The van der Waals surface area contributed by atoms with Gasteiger partial charge in [0.1, 0.15) is 24.8 Å². The zero-order chi connectivity index (χ0) is 19.4. The first-order chi connectivity index (χ1) is 13.0. The van der Waals surface area contributed by atoms with Crippen LogP contribution < -0.4 is 4.74 Å². The summed E-state index contributed by atoms with van der Waals surface area (Å²) in [6.45, 7) is 7.07. The van der Waals surface area contributed by atoms with E-state index in [-0.39, 0.29) is 5.69 Å². The van der Waals surface area contributed by atoms with E-state index in [2.05, 4.69) is 21.4 Å². The van der Waals surface area contributed by atoms with Crippen molar-refractivity contribution in [2.24, 2.45) is 0 Å². The standard InChI is InChI=1S/C17H20N6O3S/c1-4-22-16(10-26-15-6-5-12(2)7-13(15)3)19-20-17(22)27-11-21-9-14(8-18-21)23(24)25/h5-9H,4,10-11H2,1-3H3. The molecule has 0 unspecified atom stereocenters. The van der Waals surface area contributed by atoms with Crippen molar-refractivity contribution >= 4 is 17.4 Å². The molecule has 0 bridgehead atoms. The van der Waals surface area contributed by atoms with Crippen LogP contribution in [0.2, 0.25) is 0 Å². The molecule has 10 heteroatoms. The van der Waals surface area contributed by atoms with Crippen molar-refractivity contribution in [3.63, 3.8) is 0 Å². The molecular formula is C17H20N6O3S. The molecule has 27 heavy (non-hydrogen) atoms. The van der Waals surface area contributed by atoms with Crippen molar-refractivity contribution < 1.29 is 9.66 Å². The number of aromatic nitrogens is 5. The van der Waals surface area contributed by atoms with Gasteiger partial charge < -0.3 is 9.30 Å². The van der Waals surface area contributed by atoms with Gasteiger partial charge in [-0.2, -0.15) is 5.10 Å². The lowest BCUT2D eigenvalue weighted by atomic mass is 10.1. The first-order valence-corrected chi connectivity index (χ1v) is 9.38. The molecule has 3 rings (SSSR count). The number of thioether (sulfide) groups is 1. The average molecular weight is 388 g/mol. The summed E-state index contributed by atoms with van der Waals surface area (Å²) in [5.74, 6) is 1.96. The lowest BCUT2D eigenvalue weighted by Crippen LogP contribution is -2.08. The summed E-state index contributed by atoms with van der Waals surface area (Å²) in [5.41, 5.74) is 2.23. The fourth-order valence-corrected chi connectivity index (χ4v) is 3.47. The first-order valence-electron chi connectivity index (χ1n) is 8.39. The van der Waals surface area contributed by atoms with E-state index in [9.17, 15) is 10.1 Å². The summed E-state index contributed by atoms with van der Waals surface area (Å²) in [4.78, 5) is 10.3. The van der Waals surface area contributed by atoms with Crippen LogP contribution >= 0.6 is 11.8 Å². The zero-order valence-electron chi connectivity index (χ0n) is 15.3. The van der Waals surface area contributed by atoms with Crippen LogP contribution in [0.15, 0.2) is 35.7 Å². The monoisotopic (exact) mass is 388 g/mol. The van der Waals surface area contributed by atoms with Crippen LogP contribution in [0.4, 0.5) is 5.69 Å². The Labute approximate surface area is 160 Å². The minimum atomic E-state index is -0.467. The Hall–Kier alpha value is -2.88. The van der Waals surface area contributed by atoms with E-state index in [0.29, 0.717) is 19.0 Å². The van der Waals surface area contributed by atoms with E-state index < -0.39 is 4.92 Å². The van der Waals surface area contributed by atoms with Gasteiger partial charge in [-0.25, -0.2) is 0 Å². The third-order valence-electron chi connectivity index (χ3n) is 3.95. The second-order valence-electron chi connectivity index (χ2n) is 5.97. The van der Waals surface area contributed by atoms with E-state index in [4.69, 9.17) is 4.74 Å². The largest absolute Gasteiger partial charge is 0.485 e. The quantitative estimate of drug-likeness (QED) is 0.331. The van der Waals surface area contributed by atoms with Crippen molar-refractivity contribution in [2.75, 3.05) is 0 Å². The Morgan fingerprint density at radius 2 is 2.11 bits per heavy atom. The van der Waals surface area contributed by atoms with E-state index in [0.717, 1.165) is 22.3 Å². The van der Waals surface area contributed by atoms with Gasteiger partial charge in [-0.1, -0.05) is 29.5 Å². The third-order valence-corrected chi connectivity index (χ3v) is 4.91. The Morgan fingerprint density at radius 1 is 1.30 bits per heavy atom. The van der Waals surface area contributed by atoms with Crippen molar-refractivity contribution in [2.45, 2.75) is 45.0 Å². The number of benzene rings is 1. The maximum Gasteiger partial charge on any atom is 0.307 e. The Balaban J connectivity index is 1.65. The summed E-state index contributed by atoms with van der Waals surface area (Å²) in [7, 11) is 0. The van der Waals surface area contributed by atoms with E-state index in [1.807, 2.05) is 37.5 Å². The summed E-state index contributed by atoms with van der Waals surface area (Å²) >= 11 is 1.41. The molecule has 0 fully saturated rings. The molecule has 1 aromatic carbocycles. The maximum atomic E-state index is 10.7. The van der Waals surface area contributed by atoms with Gasteiger partial charge in [0.15, 0.2) is 11.0 Å². The highest BCUT2D eigenvalue weighted by Gasteiger charge is 2.14. The lowest BCUT2D eigenvalue weighted by molar-refractivity contribution is -0.385. The molecule has 9 nitrogen and oxygen atoms in total. The Morgan fingerprint density at radius 3 is 2.78 bits per heavy atom. The Bertz CT molecular complexity index is 952. The smallest absolute Gasteiger partial charge is 0.307 e. The highest BCUT2D eigenvalue weighted by atomic mass is 32.2. The molecule has 0 aliphatic rings. The fraction of sp³-hybridized carbons (Fsp3) is 0.353. The van der Waals surface area contributed by atoms with E-state index >= 15 is 0 Å². The fourth-order valence-electron chi connectivity index (χ4n) is 2.60. The predicted octanol–water partition coefficient (Wildman–Crippen LogP) is 3.35. The zero-order valence-corrected chi connectivity index (χ0v) is 16.1. The second kappa shape index (κ2) is 8.21. The number of hydrogen-bond acceptors (Lipinski definition) is 7. The molecule has 142 valence electrons. The van der Waals surface area contributed by atoms with Crippen LogP contribution in [-0.4, -0.2) is 29.5 Å². The molecular weight excluding hydrogens is 368 g/mol. The van der Waals surface area contributed by atoms with Crippen molar-refractivity contribution in [1.82, 2.24) is 24.5 Å². The molecule has 3 aromatic rings. The molecule has 0 spiro atoms. The molecule has 2 heterocycles. The molecule has 0 saturated heterocycles. The van der Waals surface area contributed by atoms with Gasteiger partial charge in [0, 0.05) is 6.54 Å². The molecule has 0 atom stereocenters. The highest BCUT2D eigenvalue weighted by molar-refractivity contribution is 7.98. The van der Waals surface area contributed by atoms with Crippen molar-refractivity contribution in [3.8, 4) is 5.75 Å². The normalized spacial score (nSPS) is 10.9. The van der Waals surface area contributed by atoms with Gasteiger partial charge in [-0.3, -0.25) is 14.8 Å². The third kappa shape index (κ3) is 4.45. The predicted molar refractivity (Wildman–Crippen MR) is 101 cm³/mol. The van der Waals surface area contributed by atoms with Crippen LogP contribution in [0.25, 0.3) is 0 Å². The number of aryl methyl sites for hydroxylation is 2. The van der Waals surface area contributed by atoms with Crippen LogP contribution in [0, 0.1) is 24.0 Å². The minimum Gasteiger partial charge on any atom is -0.485 e. The molecule has 0 saturated carbocycles. The topological polar surface area (TPSA) is 101 Å². The van der Waals surface area contributed by atoms with Crippen molar-refractivity contribution in [1.29, 1.82) is 0 Å². The first kappa shape index (κ1) is 18.9. The van der Waals surface area contributed by atoms with Crippen LogP contribution in [0.5, 0.6) is 5.75 Å². The maximum absolute atomic E-state index is 10.7. The SMILES string of the molecule is CCn1c(COc2ccc(C)cc2C)nnc1SCn1cc([N+](=O)[O-])cn1. The van der Waals surface area contributed by atoms with Gasteiger partial charge in [-0.05, 0) is 32.4 Å². The van der Waals surface area contributed by atoms with Crippen LogP contribution in [0.1, 0.15) is 23.9 Å². The second-order valence-corrected chi connectivity index (χ2v) is 6.88. The van der Waals surface area contributed by atoms with Crippen molar-refractivity contribution in [3.05, 3.63) is 57.7 Å². The number of rotatable bonds is 8. The number of ether oxygens (including phenoxy) is 1. The summed E-state index contributed by atoms with van der Waals surface area (Å²) in [5, 5.41) is 23.9. The van der Waals surface area contributed by atoms with Gasteiger partial charge in [-0.15, -0.1) is 10.2 Å². The summed E-state index contributed by atoms with van der Waals surface area (Å²) in [6, 6.07) is 6.04. The van der Waals surface area contributed by atoms with E-state index in [1.54, 1.807) is 0 Å². The molecule has 0 aliphatic heterocycles. The summed E-state index contributed by atoms with van der Waals surface area (Å²) in [6.07, 6.45) is 2.62.